The first-order chi connectivity index (χ1) is 15.4. The van der Waals surface area contributed by atoms with Crippen LogP contribution in [0.15, 0.2) is 48.5 Å². The molecule has 6 nitrogen and oxygen atoms in total. The lowest BCUT2D eigenvalue weighted by Gasteiger charge is -2.32. The molecule has 1 aliphatic heterocycles. The third-order valence-corrected chi connectivity index (χ3v) is 5.90. The van der Waals surface area contributed by atoms with Crippen molar-refractivity contribution in [3.05, 3.63) is 71.2 Å². The molecule has 0 spiro atoms. The van der Waals surface area contributed by atoms with Crippen molar-refractivity contribution in [1.82, 2.24) is 9.88 Å². The number of halogens is 1. The Hall–Kier alpha value is -3.48. The molecule has 0 bridgehead atoms. The first kappa shape index (κ1) is 21.7. The molecule has 1 saturated heterocycles. The van der Waals surface area contributed by atoms with E-state index < -0.39 is 5.91 Å². The molecule has 0 radical (unpaired) electrons. The van der Waals surface area contributed by atoms with Crippen LogP contribution in [0.5, 0.6) is 5.75 Å². The molecular weight excluding hydrogens is 409 g/mol. The third kappa shape index (κ3) is 4.72. The van der Waals surface area contributed by atoms with Crippen LogP contribution in [0.25, 0.3) is 10.9 Å². The van der Waals surface area contributed by atoms with Crippen molar-refractivity contribution >= 4 is 22.7 Å². The fourth-order valence-electron chi connectivity index (χ4n) is 4.23. The average molecular weight is 435 g/mol. The summed E-state index contributed by atoms with van der Waals surface area (Å²) in [4.78, 5) is 31.3. The molecule has 0 atom stereocenters. The number of likely N-dealkylation sites (tertiary alicyclic amines) is 1. The van der Waals surface area contributed by atoms with E-state index in [1.54, 1.807) is 12.1 Å². The number of piperidine rings is 1. The van der Waals surface area contributed by atoms with Gasteiger partial charge in [-0.15, -0.1) is 0 Å². The number of benzene rings is 2. The molecule has 1 aromatic heterocycles. The maximum absolute atomic E-state index is 13.6. The van der Waals surface area contributed by atoms with E-state index in [0.717, 1.165) is 11.3 Å². The molecule has 0 aliphatic carbocycles. The van der Waals surface area contributed by atoms with Gasteiger partial charge in [0.25, 0.3) is 5.91 Å². The Kier molecular flexibility index (Phi) is 6.35. The molecule has 2 aromatic carbocycles. The van der Waals surface area contributed by atoms with Gasteiger partial charge in [0, 0.05) is 24.4 Å². The minimum atomic E-state index is -0.576. The summed E-state index contributed by atoms with van der Waals surface area (Å²) in [6.07, 6.45) is 1.72. The van der Waals surface area contributed by atoms with Crippen molar-refractivity contribution < 1.29 is 18.7 Å². The van der Waals surface area contributed by atoms with Crippen LogP contribution in [0.1, 0.15) is 47.3 Å². The first-order valence-electron chi connectivity index (χ1n) is 10.8. The third-order valence-electron chi connectivity index (χ3n) is 5.90. The number of hydrogen-bond donors (Lipinski definition) is 1. The van der Waals surface area contributed by atoms with Gasteiger partial charge < -0.3 is 15.4 Å². The highest BCUT2D eigenvalue weighted by atomic mass is 19.1. The molecule has 0 saturated carbocycles. The Labute approximate surface area is 186 Å². The minimum Gasteiger partial charge on any atom is -0.494 e. The van der Waals surface area contributed by atoms with E-state index in [1.165, 1.54) is 12.1 Å². The van der Waals surface area contributed by atoms with Crippen molar-refractivity contribution in [2.45, 2.75) is 32.1 Å². The second kappa shape index (κ2) is 9.34. The fraction of sp³-hybridized carbons (Fsp3) is 0.320. The number of primary amides is 1. The summed E-state index contributed by atoms with van der Waals surface area (Å²) >= 11 is 0. The quantitative estimate of drug-likeness (QED) is 0.638. The number of nitrogens with zero attached hydrogens (tertiary/aromatic N) is 2. The number of amides is 2. The fourth-order valence-corrected chi connectivity index (χ4v) is 4.23. The highest BCUT2D eigenvalue weighted by Crippen LogP contribution is 2.31. The van der Waals surface area contributed by atoms with Gasteiger partial charge in [0.1, 0.15) is 11.6 Å². The Morgan fingerprint density at radius 3 is 2.50 bits per heavy atom. The molecular formula is C25H26FN3O3. The van der Waals surface area contributed by atoms with Gasteiger partial charge in [-0.1, -0.05) is 12.1 Å². The second-order valence-electron chi connectivity index (χ2n) is 8.03. The normalized spacial score (nSPS) is 14.5. The zero-order chi connectivity index (χ0) is 22.7. The van der Waals surface area contributed by atoms with Gasteiger partial charge in [0.15, 0.2) is 0 Å². The number of carbonyl (C=O) groups excluding carboxylic acids is 2. The van der Waals surface area contributed by atoms with Crippen LogP contribution in [0.3, 0.4) is 0 Å². The highest BCUT2D eigenvalue weighted by molar-refractivity contribution is 5.97. The van der Waals surface area contributed by atoms with Crippen molar-refractivity contribution in [3.63, 3.8) is 0 Å². The summed E-state index contributed by atoms with van der Waals surface area (Å²) < 4.78 is 19.0. The number of carbonyl (C=O) groups is 2. The molecule has 32 heavy (non-hydrogen) atoms. The van der Waals surface area contributed by atoms with E-state index in [9.17, 15) is 14.0 Å². The van der Waals surface area contributed by atoms with Crippen LogP contribution < -0.4 is 10.5 Å². The second-order valence-corrected chi connectivity index (χ2v) is 8.03. The number of aromatic nitrogens is 1. The van der Waals surface area contributed by atoms with Crippen LogP contribution in [0.2, 0.25) is 0 Å². The van der Waals surface area contributed by atoms with Gasteiger partial charge in [-0.05, 0) is 61.7 Å². The van der Waals surface area contributed by atoms with Gasteiger partial charge in [-0.25, -0.2) is 4.39 Å². The van der Waals surface area contributed by atoms with Crippen molar-refractivity contribution in [3.8, 4) is 5.75 Å². The SMILES string of the molecule is CCOc1ccc(CC(=O)N2CCC(c3nc4ccc(F)cc4cc3C(N)=O)CC2)cc1. The Morgan fingerprint density at radius 2 is 1.84 bits per heavy atom. The molecule has 2 heterocycles. The van der Waals surface area contributed by atoms with E-state index in [4.69, 9.17) is 10.5 Å². The molecule has 2 N–H and O–H groups in total. The number of fused-ring (bicyclic) bond motifs is 1. The van der Waals surface area contributed by atoms with Gasteiger partial charge >= 0.3 is 0 Å². The monoisotopic (exact) mass is 435 g/mol. The van der Waals surface area contributed by atoms with Gasteiger partial charge in [-0.2, -0.15) is 0 Å². The number of nitrogens with two attached hydrogens (primary N) is 1. The number of rotatable bonds is 6. The van der Waals surface area contributed by atoms with E-state index in [1.807, 2.05) is 36.1 Å². The summed E-state index contributed by atoms with van der Waals surface area (Å²) in [5.74, 6) is -0.0824. The molecule has 1 fully saturated rings. The van der Waals surface area contributed by atoms with Crippen molar-refractivity contribution in [2.24, 2.45) is 5.73 Å². The molecule has 166 valence electrons. The lowest BCUT2D eigenvalue weighted by Crippen LogP contribution is -2.39. The number of hydrogen-bond acceptors (Lipinski definition) is 4. The minimum absolute atomic E-state index is 0.0153. The molecule has 1 aliphatic rings. The molecule has 3 aromatic rings. The average Bonchev–Trinajstić information content (AvgIpc) is 2.79. The summed E-state index contributed by atoms with van der Waals surface area (Å²) in [5, 5.41) is 0.547. The van der Waals surface area contributed by atoms with Crippen molar-refractivity contribution in [2.75, 3.05) is 19.7 Å². The lowest BCUT2D eigenvalue weighted by molar-refractivity contribution is -0.131. The summed E-state index contributed by atoms with van der Waals surface area (Å²) in [7, 11) is 0. The maximum Gasteiger partial charge on any atom is 0.250 e. The smallest absolute Gasteiger partial charge is 0.250 e. The summed E-state index contributed by atoms with van der Waals surface area (Å²) in [5.41, 5.74) is 8.12. The standard InChI is InChI=1S/C25H26FN3O3/c1-2-32-20-6-3-16(4-7-20)13-23(30)29-11-9-17(10-12-29)24-21(25(27)31)15-18-14-19(26)5-8-22(18)28-24/h3-8,14-15,17H,2,9-13H2,1H3,(H2,27,31). The number of ether oxygens (including phenoxy) is 1. The zero-order valence-electron chi connectivity index (χ0n) is 18.0. The summed E-state index contributed by atoms with van der Waals surface area (Å²) in [6, 6.07) is 13.5. The van der Waals surface area contributed by atoms with Gasteiger partial charge in [0.05, 0.1) is 29.8 Å². The van der Waals surface area contributed by atoms with Crippen LogP contribution in [0, 0.1) is 5.82 Å². The van der Waals surface area contributed by atoms with Gasteiger partial charge in [-0.3, -0.25) is 14.6 Å². The van der Waals surface area contributed by atoms with E-state index >= 15 is 0 Å². The van der Waals surface area contributed by atoms with Crippen LogP contribution in [-0.2, 0) is 11.2 Å². The maximum atomic E-state index is 13.6. The van der Waals surface area contributed by atoms with Gasteiger partial charge in [0.2, 0.25) is 5.91 Å². The molecule has 4 rings (SSSR count). The van der Waals surface area contributed by atoms with E-state index in [-0.39, 0.29) is 17.6 Å². The Balaban J connectivity index is 1.44. The summed E-state index contributed by atoms with van der Waals surface area (Å²) in [6.45, 7) is 3.71. The topological polar surface area (TPSA) is 85.5 Å². The largest absolute Gasteiger partial charge is 0.494 e. The Morgan fingerprint density at radius 1 is 1.12 bits per heavy atom. The van der Waals surface area contributed by atoms with Crippen LogP contribution in [-0.4, -0.2) is 41.4 Å². The van der Waals surface area contributed by atoms with Crippen LogP contribution >= 0.6 is 0 Å². The predicted octanol–water partition coefficient (Wildman–Crippen LogP) is 3.82. The zero-order valence-corrected chi connectivity index (χ0v) is 18.0. The molecule has 0 unspecified atom stereocenters. The molecule has 7 heteroatoms. The van der Waals surface area contributed by atoms with Crippen LogP contribution in [0.4, 0.5) is 4.39 Å². The first-order valence-corrected chi connectivity index (χ1v) is 10.8. The number of pyridine rings is 1. The van der Waals surface area contributed by atoms with E-state index in [0.29, 0.717) is 61.1 Å². The van der Waals surface area contributed by atoms with Crippen molar-refractivity contribution in [1.29, 1.82) is 0 Å². The van der Waals surface area contributed by atoms with E-state index in [2.05, 4.69) is 4.98 Å². The highest BCUT2D eigenvalue weighted by Gasteiger charge is 2.27. The predicted molar refractivity (Wildman–Crippen MR) is 120 cm³/mol. The molecule has 2 amide bonds. The Bertz CT molecular complexity index is 1140. The lowest BCUT2D eigenvalue weighted by atomic mass is 9.89.